The molecule has 0 aromatic rings. The van der Waals surface area contributed by atoms with E-state index in [1.807, 2.05) is 11.8 Å². The fraction of sp³-hybridized carbons (Fsp3) is 0.875. The normalized spacial score (nSPS) is 25.1. The Kier molecular flexibility index (Phi) is 7.26. The minimum atomic E-state index is -0.801. The van der Waals surface area contributed by atoms with Gasteiger partial charge in [-0.1, -0.05) is 6.92 Å². The van der Waals surface area contributed by atoms with Gasteiger partial charge in [0.05, 0.1) is 19.3 Å². The number of ether oxygens (including phenoxy) is 2. The summed E-state index contributed by atoms with van der Waals surface area (Å²) in [4.78, 5) is 24.6. The summed E-state index contributed by atoms with van der Waals surface area (Å²) in [7, 11) is 0. The van der Waals surface area contributed by atoms with Gasteiger partial charge in [0.15, 0.2) is 0 Å². The predicted molar refractivity (Wildman–Crippen MR) is 84.2 cm³/mol. The second-order valence-electron chi connectivity index (χ2n) is 6.28. The molecule has 2 rings (SSSR count). The van der Waals surface area contributed by atoms with Crippen LogP contribution in [-0.2, 0) is 19.1 Å². The van der Waals surface area contributed by atoms with Gasteiger partial charge in [-0.25, -0.2) is 0 Å². The van der Waals surface area contributed by atoms with Gasteiger partial charge in [-0.2, -0.15) is 0 Å². The average Bonchev–Trinajstić information content (AvgIpc) is 2.49. The fourth-order valence-electron chi connectivity index (χ4n) is 3.14. The highest BCUT2D eigenvalue weighted by Crippen LogP contribution is 2.25. The quantitative estimate of drug-likeness (QED) is 0.645. The molecule has 0 bridgehead atoms. The number of carbonyl (C=O) groups excluding carboxylic acids is 1. The Hall–Kier alpha value is -1.18. The van der Waals surface area contributed by atoms with Crippen molar-refractivity contribution in [3.8, 4) is 0 Å². The van der Waals surface area contributed by atoms with Crippen molar-refractivity contribution in [1.29, 1.82) is 0 Å². The number of carboxylic acids is 1. The number of carbonyl (C=O) groups is 2. The third kappa shape index (κ3) is 6.08. The molecule has 0 aromatic heterocycles. The maximum Gasteiger partial charge on any atom is 0.317 e. The lowest BCUT2D eigenvalue weighted by Crippen LogP contribution is -2.54. The second-order valence-corrected chi connectivity index (χ2v) is 6.28. The van der Waals surface area contributed by atoms with Gasteiger partial charge in [0.1, 0.15) is 0 Å². The number of amides is 1. The number of aliphatic carboxylic acids is 1. The van der Waals surface area contributed by atoms with Crippen LogP contribution in [0.1, 0.15) is 39.0 Å². The first-order valence-electron chi connectivity index (χ1n) is 8.53. The van der Waals surface area contributed by atoms with Crippen molar-refractivity contribution >= 4 is 11.9 Å². The van der Waals surface area contributed by atoms with Gasteiger partial charge < -0.3 is 19.9 Å². The minimum Gasteiger partial charge on any atom is -0.480 e. The predicted octanol–water partition coefficient (Wildman–Crippen LogP) is 0.626. The van der Waals surface area contributed by atoms with E-state index in [4.69, 9.17) is 14.6 Å². The van der Waals surface area contributed by atoms with Gasteiger partial charge in [-0.3, -0.25) is 14.5 Å². The summed E-state index contributed by atoms with van der Waals surface area (Å²) in [6, 6.07) is 0.429. The van der Waals surface area contributed by atoms with Crippen molar-refractivity contribution in [1.82, 2.24) is 10.2 Å². The van der Waals surface area contributed by atoms with Crippen LogP contribution in [0.4, 0.5) is 0 Å². The van der Waals surface area contributed by atoms with E-state index in [0.29, 0.717) is 13.0 Å². The van der Waals surface area contributed by atoms with Crippen LogP contribution in [-0.4, -0.2) is 73.0 Å². The number of carboxylic acid groups (broad SMARTS) is 1. The van der Waals surface area contributed by atoms with Crippen molar-refractivity contribution in [2.24, 2.45) is 0 Å². The third-order valence-corrected chi connectivity index (χ3v) is 4.59. The van der Waals surface area contributed by atoms with Gasteiger partial charge in [-0.15, -0.1) is 0 Å². The number of hydrogen-bond acceptors (Lipinski definition) is 5. The smallest absolute Gasteiger partial charge is 0.317 e. The molecule has 2 fully saturated rings. The Morgan fingerprint density at radius 2 is 2.00 bits per heavy atom. The molecule has 0 spiro atoms. The molecule has 132 valence electrons. The fourth-order valence-corrected chi connectivity index (χ4v) is 3.14. The van der Waals surface area contributed by atoms with Crippen LogP contribution in [0.5, 0.6) is 0 Å². The lowest BCUT2D eigenvalue weighted by Gasteiger charge is -2.42. The van der Waals surface area contributed by atoms with Gasteiger partial charge >= 0.3 is 5.97 Å². The van der Waals surface area contributed by atoms with E-state index in [1.54, 1.807) is 0 Å². The summed E-state index contributed by atoms with van der Waals surface area (Å²) in [5.74, 6) is -0.786. The molecule has 1 heterocycles. The van der Waals surface area contributed by atoms with Gasteiger partial charge in [-0.05, 0) is 32.2 Å². The van der Waals surface area contributed by atoms with Crippen molar-refractivity contribution in [2.45, 2.75) is 57.2 Å². The van der Waals surface area contributed by atoms with E-state index in [0.717, 1.165) is 45.4 Å². The highest BCUT2D eigenvalue weighted by molar-refractivity contribution is 5.76. The molecule has 1 aliphatic carbocycles. The highest BCUT2D eigenvalue weighted by atomic mass is 16.5. The third-order valence-electron chi connectivity index (χ3n) is 4.59. The summed E-state index contributed by atoms with van der Waals surface area (Å²) in [6.07, 6.45) is 4.07. The van der Waals surface area contributed by atoms with Crippen molar-refractivity contribution < 1.29 is 24.2 Å². The molecule has 7 heteroatoms. The van der Waals surface area contributed by atoms with Crippen LogP contribution in [0.25, 0.3) is 0 Å². The Morgan fingerprint density at radius 3 is 2.61 bits per heavy atom. The maximum atomic E-state index is 11.9. The molecule has 7 nitrogen and oxygen atoms in total. The Bertz CT molecular complexity index is 392. The lowest BCUT2D eigenvalue weighted by atomic mass is 9.85. The Balaban J connectivity index is 1.55. The van der Waals surface area contributed by atoms with Crippen LogP contribution in [0.3, 0.4) is 0 Å². The van der Waals surface area contributed by atoms with Crippen LogP contribution in [0, 0.1) is 0 Å². The molecule has 0 radical (unpaired) electrons. The van der Waals surface area contributed by atoms with Gasteiger partial charge in [0.2, 0.25) is 5.91 Å². The molecule has 1 saturated heterocycles. The summed E-state index contributed by atoms with van der Waals surface area (Å²) < 4.78 is 11.0. The molecule has 1 aliphatic heterocycles. The van der Waals surface area contributed by atoms with Crippen LogP contribution in [0.2, 0.25) is 0 Å². The van der Waals surface area contributed by atoms with Gasteiger partial charge in [0.25, 0.3) is 0 Å². The first kappa shape index (κ1) is 18.2. The molecular weight excluding hydrogens is 300 g/mol. The van der Waals surface area contributed by atoms with E-state index in [-0.39, 0.29) is 30.6 Å². The monoisotopic (exact) mass is 328 g/mol. The molecule has 0 unspecified atom stereocenters. The summed E-state index contributed by atoms with van der Waals surface area (Å²) >= 11 is 0. The number of nitrogens with one attached hydrogen (secondary N) is 1. The highest BCUT2D eigenvalue weighted by Gasteiger charge is 2.34. The molecule has 0 aromatic carbocycles. The zero-order valence-corrected chi connectivity index (χ0v) is 13.8. The van der Waals surface area contributed by atoms with E-state index in [9.17, 15) is 9.59 Å². The molecule has 1 amide bonds. The second kappa shape index (κ2) is 9.20. The molecule has 0 atom stereocenters. The first-order valence-corrected chi connectivity index (χ1v) is 8.53. The van der Waals surface area contributed by atoms with E-state index < -0.39 is 5.97 Å². The van der Waals surface area contributed by atoms with Crippen LogP contribution >= 0.6 is 0 Å². The zero-order chi connectivity index (χ0) is 16.7. The van der Waals surface area contributed by atoms with Crippen molar-refractivity contribution in [3.05, 3.63) is 0 Å². The lowest BCUT2D eigenvalue weighted by molar-refractivity contribution is -0.140. The minimum absolute atomic E-state index is 0.0155. The summed E-state index contributed by atoms with van der Waals surface area (Å²) in [6.45, 7) is 4.68. The molecule has 1 saturated carbocycles. The van der Waals surface area contributed by atoms with E-state index in [2.05, 4.69) is 5.32 Å². The van der Waals surface area contributed by atoms with Crippen LogP contribution < -0.4 is 5.32 Å². The zero-order valence-electron chi connectivity index (χ0n) is 13.8. The Morgan fingerprint density at radius 1 is 1.30 bits per heavy atom. The van der Waals surface area contributed by atoms with Crippen molar-refractivity contribution in [3.63, 3.8) is 0 Å². The molecule has 2 aliphatic rings. The largest absolute Gasteiger partial charge is 0.480 e. The Labute approximate surface area is 137 Å². The SMILES string of the molecule is CCN(CC(=O)O)C1CC(NC(=O)CCOC2CCOCC2)C1. The first-order chi connectivity index (χ1) is 11.1. The number of likely N-dealkylation sites (N-methyl/N-ethyl adjacent to an activating group) is 1. The number of hydrogen-bond donors (Lipinski definition) is 2. The number of nitrogens with zero attached hydrogens (tertiary/aromatic N) is 1. The topological polar surface area (TPSA) is 88.1 Å². The number of rotatable bonds is 9. The van der Waals surface area contributed by atoms with Crippen LogP contribution in [0.15, 0.2) is 0 Å². The maximum absolute atomic E-state index is 11.9. The average molecular weight is 328 g/mol. The van der Waals surface area contributed by atoms with E-state index in [1.165, 1.54) is 0 Å². The molecular formula is C16H28N2O5. The standard InChI is InChI=1S/C16H28N2O5/c1-2-18(11-16(20)21)13-9-12(10-13)17-15(19)5-8-23-14-3-6-22-7-4-14/h12-14H,2-11H2,1H3,(H,17,19)(H,20,21). The summed E-state index contributed by atoms with van der Waals surface area (Å²) in [5, 5.41) is 11.9. The van der Waals surface area contributed by atoms with Gasteiger partial charge in [0, 0.05) is 31.7 Å². The molecule has 2 N–H and O–H groups in total. The van der Waals surface area contributed by atoms with Crippen molar-refractivity contribution in [2.75, 3.05) is 32.9 Å². The molecule has 23 heavy (non-hydrogen) atoms. The summed E-state index contributed by atoms with van der Waals surface area (Å²) in [5.41, 5.74) is 0. The van der Waals surface area contributed by atoms with E-state index >= 15 is 0 Å².